The first-order valence-corrected chi connectivity index (χ1v) is 4.67. The standard InChI is InChI=1S/C7H10N3S/c1-10-4-2-6(9-10)7-8-3-5-11-7/h4,7-8H,3,5H2,1H3. The predicted molar refractivity (Wildman–Crippen MR) is 45.2 cm³/mol. The number of aryl methyl sites for hydroxylation is 1. The Morgan fingerprint density at radius 2 is 2.82 bits per heavy atom. The molecule has 0 amide bonds. The van der Waals surface area contributed by atoms with E-state index in [0.29, 0.717) is 5.37 Å². The van der Waals surface area contributed by atoms with Gasteiger partial charge in [-0.25, -0.2) is 0 Å². The Balaban J connectivity index is 2.15. The van der Waals surface area contributed by atoms with Crippen molar-refractivity contribution in [2.24, 2.45) is 7.05 Å². The molecule has 1 saturated heterocycles. The summed E-state index contributed by atoms with van der Waals surface area (Å²) in [4.78, 5) is 0. The van der Waals surface area contributed by atoms with Crippen molar-refractivity contribution in [1.29, 1.82) is 0 Å². The second kappa shape index (κ2) is 2.87. The summed E-state index contributed by atoms with van der Waals surface area (Å²) in [5.41, 5.74) is 1.02. The van der Waals surface area contributed by atoms with Crippen LogP contribution in [0.1, 0.15) is 11.1 Å². The third-order valence-electron chi connectivity index (χ3n) is 1.63. The van der Waals surface area contributed by atoms with Crippen molar-refractivity contribution in [3.8, 4) is 0 Å². The lowest BCUT2D eigenvalue weighted by molar-refractivity contribution is 0.688. The van der Waals surface area contributed by atoms with E-state index in [1.807, 2.05) is 25.0 Å². The van der Waals surface area contributed by atoms with Gasteiger partial charge in [-0.05, 0) is 0 Å². The van der Waals surface area contributed by atoms with E-state index in [9.17, 15) is 0 Å². The highest BCUT2D eigenvalue weighted by molar-refractivity contribution is 7.99. The number of aromatic nitrogens is 2. The van der Waals surface area contributed by atoms with Gasteiger partial charge in [0.2, 0.25) is 0 Å². The highest BCUT2D eigenvalue weighted by atomic mass is 32.2. The van der Waals surface area contributed by atoms with Crippen molar-refractivity contribution in [2.45, 2.75) is 5.37 Å². The van der Waals surface area contributed by atoms with Crippen LogP contribution in [0, 0.1) is 6.07 Å². The minimum Gasteiger partial charge on any atom is -0.299 e. The van der Waals surface area contributed by atoms with E-state index in [-0.39, 0.29) is 0 Å². The molecule has 1 radical (unpaired) electrons. The fraction of sp³-hybridized carbons (Fsp3) is 0.571. The van der Waals surface area contributed by atoms with Gasteiger partial charge in [0.25, 0.3) is 0 Å². The fourth-order valence-electron chi connectivity index (χ4n) is 1.12. The summed E-state index contributed by atoms with van der Waals surface area (Å²) in [6.07, 6.45) is 1.86. The molecule has 1 unspecified atom stereocenters. The average molecular weight is 168 g/mol. The molecule has 0 aliphatic carbocycles. The molecular weight excluding hydrogens is 158 g/mol. The van der Waals surface area contributed by atoms with Crippen LogP contribution in [0.25, 0.3) is 0 Å². The van der Waals surface area contributed by atoms with Crippen molar-refractivity contribution in [2.75, 3.05) is 12.3 Å². The normalized spacial score (nSPS) is 24.3. The van der Waals surface area contributed by atoms with Crippen molar-refractivity contribution in [3.05, 3.63) is 18.0 Å². The predicted octanol–water partition coefficient (Wildman–Crippen LogP) is 0.555. The second-order valence-electron chi connectivity index (χ2n) is 2.54. The molecule has 1 N–H and O–H groups in total. The highest BCUT2D eigenvalue weighted by Gasteiger charge is 2.18. The van der Waals surface area contributed by atoms with Gasteiger partial charge in [-0.1, -0.05) is 0 Å². The molecule has 0 bridgehead atoms. The van der Waals surface area contributed by atoms with Gasteiger partial charge in [-0.15, -0.1) is 11.8 Å². The van der Waals surface area contributed by atoms with Crippen LogP contribution in [0.5, 0.6) is 0 Å². The molecule has 11 heavy (non-hydrogen) atoms. The largest absolute Gasteiger partial charge is 0.299 e. The van der Waals surface area contributed by atoms with Gasteiger partial charge in [-0.2, -0.15) is 5.10 Å². The van der Waals surface area contributed by atoms with Crippen LogP contribution in [0.2, 0.25) is 0 Å². The zero-order valence-corrected chi connectivity index (χ0v) is 7.19. The van der Waals surface area contributed by atoms with Crippen LogP contribution in [-0.2, 0) is 7.05 Å². The zero-order valence-electron chi connectivity index (χ0n) is 6.37. The molecule has 0 spiro atoms. The first-order chi connectivity index (χ1) is 5.36. The Kier molecular flexibility index (Phi) is 1.87. The van der Waals surface area contributed by atoms with Gasteiger partial charge >= 0.3 is 0 Å². The maximum atomic E-state index is 4.27. The molecule has 0 aromatic carbocycles. The summed E-state index contributed by atoms with van der Waals surface area (Å²) in [6, 6.07) is 3.12. The Labute approximate surface area is 70.2 Å². The molecule has 1 aromatic heterocycles. The van der Waals surface area contributed by atoms with E-state index in [1.165, 1.54) is 5.75 Å². The first kappa shape index (κ1) is 7.18. The first-order valence-electron chi connectivity index (χ1n) is 3.62. The molecule has 1 aliphatic heterocycles. The molecule has 59 valence electrons. The van der Waals surface area contributed by atoms with Crippen LogP contribution >= 0.6 is 11.8 Å². The summed E-state index contributed by atoms with van der Waals surface area (Å²) in [5.74, 6) is 1.18. The maximum absolute atomic E-state index is 4.27. The van der Waals surface area contributed by atoms with Gasteiger partial charge in [0.05, 0.1) is 11.1 Å². The molecule has 1 aromatic rings. The van der Waals surface area contributed by atoms with Gasteiger partial charge < -0.3 is 0 Å². The van der Waals surface area contributed by atoms with Crippen molar-refractivity contribution >= 4 is 11.8 Å². The van der Waals surface area contributed by atoms with E-state index in [0.717, 1.165) is 12.2 Å². The minimum absolute atomic E-state index is 0.371. The van der Waals surface area contributed by atoms with Crippen LogP contribution in [0.15, 0.2) is 6.20 Å². The smallest absolute Gasteiger partial charge is 0.0987 e. The number of hydrogen-bond donors (Lipinski definition) is 1. The second-order valence-corrected chi connectivity index (χ2v) is 3.75. The highest BCUT2D eigenvalue weighted by Crippen LogP contribution is 2.27. The molecule has 3 nitrogen and oxygen atoms in total. The van der Waals surface area contributed by atoms with Crippen LogP contribution in [0.3, 0.4) is 0 Å². The SMILES string of the molecule is Cn1c[c]c(C2NCCS2)n1. The molecular formula is C7H10N3S. The van der Waals surface area contributed by atoms with E-state index < -0.39 is 0 Å². The van der Waals surface area contributed by atoms with Crippen molar-refractivity contribution in [3.63, 3.8) is 0 Å². The number of nitrogens with zero attached hydrogens (tertiary/aromatic N) is 2. The molecule has 1 fully saturated rings. The summed E-state index contributed by atoms with van der Waals surface area (Å²) in [5, 5.41) is 7.98. The Hall–Kier alpha value is -0.480. The Morgan fingerprint density at radius 3 is 3.36 bits per heavy atom. The summed E-state index contributed by atoms with van der Waals surface area (Å²) in [6.45, 7) is 1.08. The van der Waals surface area contributed by atoms with Gasteiger partial charge in [-0.3, -0.25) is 10.00 Å². The fourth-order valence-corrected chi connectivity index (χ4v) is 2.10. The third kappa shape index (κ3) is 1.41. The Morgan fingerprint density at radius 1 is 1.91 bits per heavy atom. The topological polar surface area (TPSA) is 29.9 Å². The van der Waals surface area contributed by atoms with E-state index >= 15 is 0 Å². The van der Waals surface area contributed by atoms with Crippen LogP contribution in [0.4, 0.5) is 0 Å². The summed E-state index contributed by atoms with van der Waals surface area (Å²) >= 11 is 1.89. The van der Waals surface area contributed by atoms with E-state index in [4.69, 9.17) is 0 Å². The molecule has 2 heterocycles. The molecule has 0 saturated carbocycles. The van der Waals surface area contributed by atoms with Crippen molar-refractivity contribution < 1.29 is 0 Å². The lowest BCUT2D eigenvalue weighted by Crippen LogP contribution is -2.12. The third-order valence-corrected chi connectivity index (χ3v) is 2.79. The van der Waals surface area contributed by atoms with E-state index in [1.54, 1.807) is 4.68 Å². The van der Waals surface area contributed by atoms with Crippen LogP contribution in [-0.4, -0.2) is 22.1 Å². The van der Waals surface area contributed by atoms with Crippen LogP contribution < -0.4 is 5.32 Å². The summed E-state index contributed by atoms with van der Waals surface area (Å²) < 4.78 is 1.79. The Bertz CT molecular complexity index is 240. The van der Waals surface area contributed by atoms with E-state index in [2.05, 4.69) is 16.5 Å². The van der Waals surface area contributed by atoms with Gasteiger partial charge in [0, 0.05) is 31.6 Å². The van der Waals surface area contributed by atoms with Crippen molar-refractivity contribution in [1.82, 2.24) is 15.1 Å². The zero-order chi connectivity index (χ0) is 7.68. The number of hydrogen-bond acceptors (Lipinski definition) is 3. The van der Waals surface area contributed by atoms with Gasteiger partial charge in [0.15, 0.2) is 0 Å². The maximum Gasteiger partial charge on any atom is 0.0987 e. The average Bonchev–Trinajstić information content (AvgIpc) is 2.55. The quantitative estimate of drug-likeness (QED) is 0.664. The minimum atomic E-state index is 0.371. The number of rotatable bonds is 1. The van der Waals surface area contributed by atoms with Gasteiger partial charge in [0.1, 0.15) is 0 Å². The number of nitrogens with one attached hydrogen (secondary N) is 1. The number of thioether (sulfide) groups is 1. The molecule has 2 rings (SSSR count). The monoisotopic (exact) mass is 168 g/mol. The molecule has 1 atom stereocenters. The lowest BCUT2D eigenvalue weighted by Gasteiger charge is -2.03. The summed E-state index contributed by atoms with van der Waals surface area (Å²) in [7, 11) is 1.92. The lowest BCUT2D eigenvalue weighted by atomic mass is 10.4. The molecule has 1 aliphatic rings. The molecule has 4 heteroatoms.